The maximum atomic E-state index is 5.87. The highest BCUT2D eigenvalue weighted by Gasteiger charge is 2.05. The fourth-order valence-corrected chi connectivity index (χ4v) is 2.36. The molecule has 0 atom stereocenters. The van der Waals surface area contributed by atoms with E-state index in [0.29, 0.717) is 0 Å². The van der Waals surface area contributed by atoms with Gasteiger partial charge in [0.05, 0.1) is 15.0 Å². The first-order valence-corrected chi connectivity index (χ1v) is 5.67. The number of aromatic nitrogens is 1. The zero-order valence-electron chi connectivity index (χ0n) is 6.50. The van der Waals surface area contributed by atoms with Crippen LogP contribution >= 0.6 is 38.9 Å². The van der Waals surface area contributed by atoms with Crippen LogP contribution in [-0.2, 0) is 0 Å². The molecule has 0 saturated carbocycles. The fourth-order valence-electron chi connectivity index (χ4n) is 1.06. The summed E-state index contributed by atoms with van der Waals surface area (Å²) in [5, 5.41) is 0.734. The lowest BCUT2D eigenvalue weighted by atomic mass is 10.2. The molecule has 0 spiro atoms. The number of halogens is 2. The van der Waals surface area contributed by atoms with Crippen LogP contribution in [-0.4, -0.2) is 4.98 Å². The molecule has 1 heterocycles. The molecule has 0 unspecified atom stereocenters. The van der Waals surface area contributed by atoms with Crippen molar-refractivity contribution in [1.82, 2.24) is 4.98 Å². The van der Waals surface area contributed by atoms with Crippen LogP contribution in [0.15, 0.2) is 33.6 Å². The van der Waals surface area contributed by atoms with Crippen LogP contribution in [0.3, 0.4) is 0 Å². The van der Waals surface area contributed by atoms with Crippen molar-refractivity contribution in [2.45, 2.75) is 0 Å². The molecule has 2 rings (SSSR count). The predicted molar refractivity (Wildman–Crippen MR) is 60.3 cm³/mol. The third kappa shape index (κ3) is 1.93. The van der Waals surface area contributed by atoms with Crippen molar-refractivity contribution in [2.24, 2.45) is 0 Å². The first-order chi connectivity index (χ1) is 6.27. The molecular weight excluding hydrogens is 270 g/mol. The molecule has 13 heavy (non-hydrogen) atoms. The van der Waals surface area contributed by atoms with Crippen LogP contribution in [0.5, 0.6) is 0 Å². The van der Waals surface area contributed by atoms with Crippen LogP contribution in [0.25, 0.3) is 11.3 Å². The molecule has 4 heteroatoms. The first-order valence-electron chi connectivity index (χ1n) is 3.62. The third-order valence-corrected chi connectivity index (χ3v) is 3.40. The molecule has 0 aliphatic heterocycles. The minimum Gasteiger partial charge on any atom is -0.243 e. The highest BCUT2D eigenvalue weighted by atomic mass is 79.9. The van der Waals surface area contributed by atoms with Crippen molar-refractivity contribution in [3.8, 4) is 11.3 Å². The number of rotatable bonds is 1. The lowest BCUT2D eigenvalue weighted by molar-refractivity contribution is 1.40. The molecule has 1 aromatic carbocycles. The molecule has 0 aliphatic rings. The Morgan fingerprint density at radius 3 is 2.85 bits per heavy atom. The lowest BCUT2D eigenvalue weighted by Gasteiger charge is -1.97. The Morgan fingerprint density at radius 2 is 2.23 bits per heavy atom. The Morgan fingerprint density at radius 1 is 1.38 bits per heavy atom. The standard InChI is InChI=1S/C9H5BrClNS/c10-9-8(12-5-13-9)6-2-1-3-7(11)4-6/h1-5H. The third-order valence-electron chi connectivity index (χ3n) is 1.62. The number of nitrogens with zero attached hydrogens (tertiary/aromatic N) is 1. The van der Waals surface area contributed by atoms with E-state index in [1.165, 1.54) is 0 Å². The van der Waals surface area contributed by atoms with Gasteiger partial charge >= 0.3 is 0 Å². The zero-order chi connectivity index (χ0) is 9.26. The van der Waals surface area contributed by atoms with Gasteiger partial charge < -0.3 is 0 Å². The minimum atomic E-state index is 0.734. The second-order valence-electron chi connectivity index (χ2n) is 2.49. The Hall–Kier alpha value is -0.380. The van der Waals surface area contributed by atoms with Gasteiger partial charge in [0.25, 0.3) is 0 Å². The van der Waals surface area contributed by atoms with Gasteiger partial charge in [0.1, 0.15) is 0 Å². The first kappa shape index (κ1) is 9.19. The van der Waals surface area contributed by atoms with Gasteiger partial charge in [-0.2, -0.15) is 0 Å². The molecule has 0 saturated heterocycles. The van der Waals surface area contributed by atoms with Gasteiger partial charge in [0.15, 0.2) is 0 Å². The average Bonchev–Trinajstić information content (AvgIpc) is 2.51. The summed E-state index contributed by atoms with van der Waals surface area (Å²) in [5.41, 5.74) is 3.80. The molecule has 66 valence electrons. The second kappa shape index (κ2) is 3.78. The van der Waals surface area contributed by atoms with Crippen LogP contribution in [0, 0.1) is 0 Å². The Labute approximate surface area is 93.5 Å². The van der Waals surface area contributed by atoms with Gasteiger partial charge in [-0.15, -0.1) is 11.3 Å². The predicted octanol–water partition coefficient (Wildman–Crippen LogP) is 4.23. The van der Waals surface area contributed by atoms with Gasteiger partial charge in [-0.3, -0.25) is 0 Å². The van der Waals surface area contributed by atoms with E-state index in [-0.39, 0.29) is 0 Å². The lowest BCUT2D eigenvalue weighted by Crippen LogP contribution is -1.77. The summed E-state index contributed by atoms with van der Waals surface area (Å²) in [7, 11) is 0. The molecule has 0 fully saturated rings. The van der Waals surface area contributed by atoms with Gasteiger partial charge in [0.2, 0.25) is 0 Å². The molecule has 0 amide bonds. The SMILES string of the molecule is Clc1cccc(-c2ncsc2Br)c1. The average molecular weight is 275 g/mol. The van der Waals surface area contributed by atoms with Crippen LogP contribution in [0.2, 0.25) is 5.02 Å². The number of hydrogen-bond donors (Lipinski definition) is 0. The second-order valence-corrected chi connectivity index (χ2v) is 5.09. The van der Waals surface area contributed by atoms with E-state index >= 15 is 0 Å². The number of thiazole rings is 1. The molecule has 0 radical (unpaired) electrons. The molecule has 0 bridgehead atoms. The molecule has 1 aromatic heterocycles. The number of hydrogen-bond acceptors (Lipinski definition) is 2. The van der Waals surface area contributed by atoms with E-state index in [2.05, 4.69) is 20.9 Å². The van der Waals surface area contributed by atoms with Crippen molar-refractivity contribution in [1.29, 1.82) is 0 Å². The Bertz CT molecular complexity index is 427. The van der Waals surface area contributed by atoms with E-state index in [0.717, 1.165) is 20.1 Å². The summed E-state index contributed by atoms with van der Waals surface area (Å²) in [6.45, 7) is 0. The maximum Gasteiger partial charge on any atom is 0.0976 e. The maximum absolute atomic E-state index is 5.87. The van der Waals surface area contributed by atoms with Crippen LogP contribution in [0.4, 0.5) is 0 Å². The molecule has 2 aromatic rings. The van der Waals surface area contributed by atoms with Gasteiger partial charge in [-0.05, 0) is 28.1 Å². The highest BCUT2D eigenvalue weighted by molar-refractivity contribution is 9.11. The van der Waals surface area contributed by atoms with Crippen molar-refractivity contribution in [2.75, 3.05) is 0 Å². The summed E-state index contributed by atoms with van der Waals surface area (Å²) in [4.78, 5) is 4.24. The van der Waals surface area contributed by atoms with E-state index in [1.54, 1.807) is 16.8 Å². The highest BCUT2D eigenvalue weighted by Crippen LogP contribution is 2.31. The Balaban J connectivity index is 2.53. The summed E-state index contributed by atoms with van der Waals surface area (Å²) < 4.78 is 1.04. The quantitative estimate of drug-likeness (QED) is 0.758. The largest absolute Gasteiger partial charge is 0.243 e. The monoisotopic (exact) mass is 273 g/mol. The normalized spacial score (nSPS) is 10.3. The van der Waals surface area contributed by atoms with Gasteiger partial charge in [0, 0.05) is 10.6 Å². The molecular formula is C9H5BrClNS. The summed E-state index contributed by atoms with van der Waals surface area (Å²) in [6, 6.07) is 7.67. The van der Waals surface area contributed by atoms with E-state index < -0.39 is 0 Å². The van der Waals surface area contributed by atoms with Gasteiger partial charge in [-0.1, -0.05) is 23.7 Å². The minimum absolute atomic E-state index is 0.734. The fraction of sp³-hybridized carbons (Fsp3) is 0. The van der Waals surface area contributed by atoms with Gasteiger partial charge in [-0.25, -0.2) is 4.98 Å². The smallest absolute Gasteiger partial charge is 0.0976 e. The van der Waals surface area contributed by atoms with E-state index in [9.17, 15) is 0 Å². The summed E-state index contributed by atoms with van der Waals surface area (Å²) >= 11 is 10.9. The van der Waals surface area contributed by atoms with E-state index in [1.807, 2.05) is 24.3 Å². The zero-order valence-corrected chi connectivity index (χ0v) is 9.66. The number of benzene rings is 1. The van der Waals surface area contributed by atoms with E-state index in [4.69, 9.17) is 11.6 Å². The van der Waals surface area contributed by atoms with Crippen molar-refractivity contribution >= 4 is 38.9 Å². The van der Waals surface area contributed by atoms with Crippen LogP contribution in [0.1, 0.15) is 0 Å². The molecule has 1 nitrogen and oxygen atoms in total. The van der Waals surface area contributed by atoms with Crippen molar-refractivity contribution in [3.63, 3.8) is 0 Å². The topological polar surface area (TPSA) is 12.9 Å². The Kier molecular flexibility index (Phi) is 2.67. The van der Waals surface area contributed by atoms with Crippen molar-refractivity contribution < 1.29 is 0 Å². The van der Waals surface area contributed by atoms with Crippen molar-refractivity contribution in [3.05, 3.63) is 38.6 Å². The summed E-state index contributed by atoms with van der Waals surface area (Å²) in [5.74, 6) is 0. The molecule has 0 aliphatic carbocycles. The summed E-state index contributed by atoms with van der Waals surface area (Å²) in [6.07, 6.45) is 0. The molecule has 0 N–H and O–H groups in total. The van der Waals surface area contributed by atoms with Crippen LogP contribution < -0.4 is 0 Å².